The van der Waals surface area contributed by atoms with Gasteiger partial charge in [-0.15, -0.1) is 11.3 Å². The molecule has 8 heteroatoms. The van der Waals surface area contributed by atoms with Crippen LogP contribution in [0.5, 0.6) is 0 Å². The third-order valence-corrected chi connectivity index (χ3v) is 5.11. The maximum absolute atomic E-state index is 12.5. The van der Waals surface area contributed by atoms with Gasteiger partial charge in [0.2, 0.25) is 0 Å². The van der Waals surface area contributed by atoms with Gasteiger partial charge in [0, 0.05) is 16.6 Å². The number of thiazole rings is 1. The van der Waals surface area contributed by atoms with E-state index in [1.807, 2.05) is 33.1 Å². The zero-order chi connectivity index (χ0) is 16.8. The number of fused-ring (bicyclic) bond motifs is 1. The van der Waals surface area contributed by atoms with E-state index < -0.39 is 17.7 Å². The van der Waals surface area contributed by atoms with Crippen LogP contribution in [0.4, 0.5) is 4.79 Å². The van der Waals surface area contributed by atoms with Gasteiger partial charge in [-0.1, -0.05) is 0 Å². The van der Waals surface area contributed by atoms with Crippen LogP contribution >= 0.6 is 27.3 Å². The summed E-state index contributed by atoms with van der Waals surface area (Å²) in [6, 6.07) is -0.549. The molecule has 1 N–H and O–H groups in total. The zero-order valence-electron chi connectivity index (χ0n) is 13.0. The van der Waals surface area contributed by atoms with Crippen LogP contribution in [0.1, 0.15) is 45.1 Å². The molecule has 120 valence electrons. The lowest BCUT2D eigenvalue weighted by Gasteiger charge is -2.37. The fourth-order valence-electron chi connectivity index (χ4n) is 2.51. The van der Waals surface area contributed by atoms with Gasteiger partial charge in [0.1, 0.15) is 4.47 Å². The highest BCUT2D eigenvalue weighted by atomic mass is 79.9. The van der Waals surface area contributed by atoms with Crippen molar-refractivity contribution in [2.75, 3.05) is 0 Å². The molecule has 2 heterocycles. The predicted octanol–water partition coefficient (Wildman–Crippen LogP) is 3.67. The standard InChI is InChI=1S/C14H18BrN3O3S/c1-7-6-22-12-16-10(9(15)11(19)17(7)12)8(2)18(13(20)21)14(3,4)5/h6,8H,1-5H3,(H,20,21)/t8-/m0/s1. The Morgan fingerprint density at radius 3 is 2.59 bits per heavy atom. The van der Waals surface area contributed by atoms with Crippen molar-refractivity contribution in [2.24, 2.45) is 0 Å². The number of aryl methyl sites for hydroxylation is 1. The molecular weight excluding hydrogens is 370 g/mol. The Kier molecular flexibility index (Phi) is 4.36. The van der Waals surface area contributed by atoms with Crippen LogP contribution in [0.3, 0.4) is 0 Å². The Hall–Kier alpha value is -1.41. The molecule has 6 nitrogen and oxygen atoms in total. The minimum Gasteiger partial charge on any atom is -0.465 e. The van der Waals surface area contributed by atoms with Crippen LogP contribution < -0.4 is 5.56 Å². The van der Waals surface area contributed by atoms with Gasteiger partial charge in [-0.05, 0) is 50.5 Å². The first-order valence-corrected chi connectivity index (χ1v) is 8.41. The van der Waals surface area contributed by atoms with Crippen LogP contribution in [0, 0.1) is 6.92 Å². The van der Waals surface area contributed by atoms with Gasteiger partial charge >= 0.3 is 6.09 Å². The fourth-order valence-corrected chi connectivity index (χ4v) is 3.97. The quantitative estimate of drug-likeness (QED) is 0.852. The molecule has 1 atom stereocenters. The molecule has 0 saturated carbocycles. The van der Waals surface area contributed by atoms with Gasteiger partial charge in [-0.25, -0.2) is 9.78 Å². The van der Waals surface area contributed by atoms with E-state index in [1.54, 1.807) is 6.92 Å². The van der Waals surface area contributed by atoms with E-state index in [4.69, 9.17) is 0 Å². The summed E-state index contributed by atoms with van der Waals surface area (Å²) in [6.45, 7) is 9.01. The van der Waals surface area contributed by atoms with Crippen molar-refractivity contribution in [1.82, 2.24) is 14.3 Å². The zero-order valence-corrected chi connectivity index (χ0v) is 15.4. The second-order valence-corrected chi connectivity index (χ2v) is 7.74. The first-order valence-electron chi connectivity index (χ1n) is 6.74. The molecule has 2 rings (SSSR count). The first-order chi connectivity index (χ1) is 10.1. The van der Waals surface area contributed by atoms with Crippen LogP contribution in [-0.2, 0) is 0 Å². The monoisotopic (exact) mass is 387 g/mol. The molecule has 0 aliphatic carbocycles. The first kappa shape index (κ1) is 17.0. The summed E-state index contributed by atoms with van der Waals surface area (Å²) in [5, 5.41) is 11.4. The van der Waals surface area contributed by atoms with Crippen molar-refractivity contribution >= 4 is 38.3 Å². The molecule has 0 radical (unpaired) electrons. The minimum absolute atomic E-state index is 0.218. The van der Waals surface area contributed by atoms with Crippen molar-refractivity contribution in [3.63, 3.8) is 0 Å². The average molecular weight is 388 g/mol. The molecular formula is C14H18BrN3O3S. The molecule has 0 aliphatic heterocycles. The Balaban J connectivity index is 2.66. The van der Waals surface area contributed by atoms with Crippen molar-refractivity contribution in [1.29, 1.82) is 0 Å². The van der Waals surface area contributed by atoms with E-state index in [2.05, 4.69) is 20.9 Å². The fraction of sp³-hybridized carbons (Fsp3) is 0.500. The van der Waals surface area contributed by atoms with Crippen molar-refractivity contribution in [3.05, 3.63) is 31.6 Å². The van der Waals surface area contributed by atoms with Gasteiger partial charge in [0.25, 0.3) is 5.56 Å². The molecule has 0 aromatic carbocycles. The summed E-state index contributed by atoms with van der Waals surface area (Å²) < 4.78 is 1.82. The molecule has 0 unspecified atom stereocenters. The van der Waals surface area contributed by atoms with Crippen LogP contribution in [0.25, 0.3) is 4.96 Å². The number of nitrogens with zero attached hydrogens (tertiary/aromatic N) is 3. The third kappa shape index (κ3) is 2.77. The molecule has 2 aromatic rings. The average Bonchev–Trinajstić information content (AvgIpc) is 2.73. The number of carboxylic acid groups (broad SMARTS) is 1. The lowest BCUT2D eigenvalue weighted by molar-refractivity contribution is 0.0738. The summed E-state index contributed by atoms with van der Waals surface area (Å²) in [5.74, 6) is 0. The number of hydrogen-bond acceptors (Lipinski definition) is 4. The van der Waals surface area contributed by atoms with E-state index in [0.29, 0.717) is 15.1 Å². The van der Waals surface area contributed by atoms with Crippen LogP contribution in [-0.4, -0.2) is 31.0 Å². The number of amides is 1. The Morgan fingerprint density at radius 1 is 1.50 bits per heavy atom. The predicted molar refractivity (Wildman–Crippen MR) is 89.8 cm³/mol. The molecule has 22 heavy (non-hydrogen) atoms. The van der Waals surface area contributed by atoms with E-state index in [0.717, 1.165) is 5.69 Å². The minimum atomic E-state index is -1.05. The Labute approximate surface area is 140 Å². The van der Waals surface area contributed by atoms with E-state index in [1.165, 1.54) is 20.6 Å². The molecule has 0 saturated heterocycles. The van der Waals surface area contributed by atoms with E-state index >= 15 is 0 Å². The lowest BCUT2D eigenvalue weighted by Crippen LogP contribution is -2.46. The highest BCUT2D eigenvalue weighted by Gasteiger charge is 2.34. The Morgan fingerprint density at radius 2 is 2.09 bits per heavy atom. The highest BCUT2D eigenvalue weighted by molar-refractivity contribution is 9.10. The summed E-state index contributed by atoms with van der Waals surface area (Å²) in [5.41, 5.74) is 0.417. The van der Waals surface area contributed by atoms with Crippen molar-refractivity contribution < 1.29 is 9.90 Å². The smallest absolute Gasteiger partial charge is 0.408 e. The number of aromatic nitrogens is 2. The van der Waals surface area contributed by atoms with Gasteiger partial charge in [0.15, 0.2) is 4.96 Å². The highest BCUT2D eigenvalue weighted by Crippen LogP contribution is 2.30. The SMILES string of the molecule is Cc1csc2nc([C@H](C)N(C(=O)O)C(C)(C)C)c(Br)c(=O)n12. The van der Waals surface area contributed by atoms with Gasteiger partial charge in [-0.3, -0.25) is 14.1 Å². The molecule has 2 aromatic heterocycles. The maximum atomic E-state index is 12.5. The van der Waals surface area contributed by atoms with E-state index in [9.17, 15) is 14.7 Å². The topological polar surface area (TPSA) is 74.9 Å². The molecule has 0 bridgehead atoms. The lowest BCUT2D eigenvalue weighted by atomic mass is 10.0. The van der Waals surface area contributed by atoms with E-state index in [-0.39, 0.29) is 5.56 Å². The summed E-state index contributed by atoms with van der Waals surface area (Å²) >= 11 is 4.66. The van der Waals surface area contributed by atoms with Crippen LogP contribution in [0.15, 0.2) is 14.6 Å². The normalized spacial score (nSPS) is 13.4. The second-order valence-electron chi connectivity index (χ2n) is 6.11. The summed E-state index contributed by atoms with van der Waals surface area (Å²) in [6.07, 6.45) is -1.05. The largest absolute Gasteiger partial charge is 0.465 e. The van der Waals surface area contributed by atoms with Crippen molar-refractivity contribution in [3.8, 4) is 0 Å². The third-order valence-electron chi connectivity index (χ3n) is 3.42. The van der Waals surface area contributed by atoms with Gasteiger partial charge in [0.05, 0.1) is 11.7 Å². The number of rotatable bonds is 2. The van der Waals surface area contributed by atoms with Crippen molar-refractivity contribution in [2.45, 2.75) is 46.2 Å². The molecule has 0 fully saturated rings. The summed E-state index contributed by atoms with van der Waals surface area (Å²) in [4.78, 5) is 30.5. The van der Waals surface area contributed by atoms with Gasteiger partial charge < -0.3 is 5.11 Å². The van der Waals surface area contributed by atoms with Crippen LogP contribution in [0.2, 0.25) is 0 Å². The number of carbonyl (C=O) groups is 1. The number of halogens is 1. The number of hydrogen-bond donors (Lipinski definition) is 1. The molecule has 1 amide bonds. The second kappa shape index (κ2) is 5.66. The Bertz CT molecular complexity index is 791. The maximum Gasteiger partial charge on any atom is 0.408 e. The summed E-state index contributed by atoms with van der Waals surface area (Å²) in [7, 11) is 0. The molecule has 0 spiro atoms. The van der Waals surface area contributed by atoms with Gasteiger partial charge in [-0.2, -0.15) is 0 Å². The molecule has 0 aliphatic rings.